The Morgan fingerprint density at radius 3 is 2.64 bits per heavy atom. The fourth-order valence-electron chi connectivity index (χ4n) is 2.00. The van der Waals surface area contributed by atoms with Crippen molar-refractivity contribution in [1.29, 1.82) is 0 Å². The summed E-state index contributed by atoms with van der Waals surface area (Å²) in [6.07, 6.45) is 3.45. The molecule has 0 aromatic carbocycles. The van der Waals surface area contributed by atoms with Gasteiger partial charge in [-0.25, -0.2) is 15.4 Å². The molecule has 3 aromatic heterocycles. The maximum absolute atomic E-state index is 12.2. The summed E-state index contributed by atoms with van der Waals surface area (Å²) < 4.78 is 40.2. The van der Waals surface area contributed by atoms with E-state index in [4.69, 9.17) is 0 Å². The SMILES string of the molecule is O=C(N/N=C/c1cccnc1)c1cncc(-c2ccc(OC(F)(F)F)nc2)n1. The Hall–Kier alpha value is -3.89. The number of aromatic nitrogens is 4. The number of halogens is 3. The van der Waals surface area contributed by atoms with Crippen LogP contribution in [0.4, 0.5) is 13.2 Å². The summed E-state index contributed by atoms with van der Waals surface area (Å²) in [6, 6.07) is 5.83. The smallest absolute Gasteiger partial charge is 0.388 e. The molecule has 0 fully saturated rings. The van der Waals surface area contributed by atoms with E-state index >= 15 is 0 Å². The standard InChI is InChI=1S/C17H11F3N6O2/c18-17(19,20)28-15-4-3-12(8-23-15)13-9-22-10-14(25-13)16(27)26-24-7-11-2-1-5-21-6-11/h1-10H,(H,26,27)/b24-7+. The zero-order valence-corrected chi connectivity index (χ0v) is 14.0. The Morgan fingerprint density at radius 1 is 1.11 bits per heavy atom. The first kappa shape index (κ1) is 18.9. The molecule has 0 aliphatic rings. The zero-order chi connectivity index (χ0) is 20.0. The molecule has 0 spiro atoms. The Morgan fingerprint density at radius 2 is 1.96 bits per heavy atom. The van der Waals surface area contributed by atoms with Gasteiger partial charge >= 0.3 is 6.36 Å². The van der Waals surface area contributed by atoms with Crippen LogP contribution in [0.15, 0.2) is 60.4 Å². The summed E-state index contributed by atoms with van der Waals surface area (Å²) in [5.41, 5.74) is 3.56. The first-order chi connectivity index (χ1) is 13.4. The molecule has 11 heteroatoms. The van der Waals surface area contributed by atoms with Crippen LogP contribution in [0.2, 0.25) is 0 Å². The molecule has 0 bridgehead atoms. The van der Waals surface area contributed by atoms with E-state index in [1.807, 2.05) is 0 Å². The number of nitrogens with zero attached hydrogens (tertiary/aromatic N) is 5. The molecule has 3 heterocycles. The molecule has 0 saturated carbocycles. The lowest BCUT2D eigenvalue weighted by atomic mass is 10.2. The van der Waals surface area contributed by atoms with Gasteiger partial charge in [0, 0.05) is 35.8 Å². The molecule has 0 saturated heterocycles. The summed E-state index contributed by atoms with van der Waals surface area (Å²) in [5.74, 6) is -1.22. The predicted molar refractivity (Wildman–Crippen MR) is 91.2 cm³/mol. The molecule has 0 aliphatic carbocycles. The minimum absolute atomic E-state index is 0.0311. The number of hydrazone groups is 1. The fraction of sp³-hybridized carbons (Fsp3) is 0.0588. The molecular weight excluding hydrogens is 377 g/mol. The van der Waals surface area contributed by atoms with Gasteiger partial charge in [0.25, 0.3) is 5.91 Å². The molecule has 0 atom stereocenters. The summed E-state index contributed by atoms with van der Waals surface area (Å²) in [6.45, 7) is 0. The van der Waals surface area contributed by atoms with Crippen LogP contribution in [-0.4, -0.2) is 38.4 Å². The maximum atomic E-state index is 12.2. The predicted octanol–water partition coefficient (Wildman–Crippen LogP) is 2.60. The van der Waals surface area contributed by atoms with Gasteiger partial charge in [0.15, 0.2) is 0 Å². The van der Waals surface area contributed by atoms with Crippen LogP contribution in [-0.2, 0) is 0 Å². The van der Waals surface area contributed by atoms with E-state index < -0.39 is 18.1 Å². The van der Waals surface area contributed by atoms with Gasteiger partial charge in [-0.2, -0.15) is 5.10 Å². The Balaban J connectivity index is 1.69. The quantitative estimate of drug-likeness (QED) is 0.532. The van der Waals surface area contributed by atoms with E-state index in [0.29, 0.717) is 11.1 Å². The van der Waals surface area contributed by atoms with Gasteiger partial charge in [0.05, 0.1) is 24.3 Å². The average molecular weight is 388 g/mol. The van der Waals surface area contributed by atoms with E-state index in [0.717, 1.165) is 12.3 Å². The number of nitrogens with one attached hydrogen (secondary N) is 1. The Kier molecular flexibility index (Phi) is 5.53. The van der Waals surface area contributed by atoms with Crippen molar-refractivity contribution >= 4 is 12.1 Å². The van der Waals surface area contributed by atoms with Crippen molar-refractivity contribution < 1.29 is 22.7 Å². The van der Waals surface area contributed by atoms with Gasteiger partial charge in [-0.3, -0.25) is 14.8 Å². The minimum Gasteiger partial charge on any atom is -0.388 e. The van der Waals surface area contributed by atoms with E-state index in [1.165, 1.54) is 24.7 Å². The number of carbonyl (C=O) groups is 1. The van der Waals surface area contributed by atoms with Crippen molar-refractivity contribution in [3.63, 3.8) is 0 Å². The van der Waals surface area contributed by atoms with Gasteiger partial charge in [0.2, 0.25) is 5.88 Å². The Labute approximate surface area is 156 Å². The normalized spacial score (nSPS) is 11.4. The number of carbonyl (C=O) groups excluding carboxylic acids is 1. The minimum atomic E-state index is -4.83. The number of rotatable bonds is 5. The third-order valence-electron chi connectivity index (χ3n) is 3.18. The zero-order valence-electron chi connectivity index (χ0n) is 14.0. The number of ether oxygens (including phenoxy) is 1. The van der Waals surface area contributed by atoms with Gasteiger partial charge in [0.1, 0.15) is 5.69 Å². The number of hydrogen-bond donors (Lipinski definition) is 1. The van der Waals surface area contributed by atoms with Crippen LogP contribution in [0.25, 0.3) is 11.3 Å². The number of alkyl halides is 3. The van der Waals surface area contributed by atoms with Crippen LogP contribution >= 0.6 is 0 Å². The monoisotopic (exact) mass is 388 g/mol. The average Bonchev–Trinajstić information content (AvgIpc) is 2.68. The van der Waals surface area contributed by atoms with Crippen LogP contribution in [0.5, 0.6) is 5.88 Å². The lowest BCUT2D eigenvalue weighted by Crippen LogP contribution is -2.19. The third-order valence-corrected chi connectivity index (χ3v) is 3.18. The largest absolute Gasteiger partial charge is 0.574 e. The molecule has 0 aliphatic heterocycles. The van der Waals surface area contributed by atoms with Gasteiger partial charge in [-0.05, 0) is 12.1 Å². The molecule has 3 aromatic rings. The van der Waals surface area contributed by atoms with E-state index in [1.54, 1.807) is 24.5 Å². The molecule has 1 amide bonds. The maximum Gasteiger partial charge on any atom is 0.574 e. The Bertz CT molecular complexity index is 978. The second kappa shape index (κ2) is 8.20. The van der Waals surface area contributed by atoms with E-state index in [-0.39, 0.29) is 11.4 Å². The molecule has 8 nitrogen and oxygen atoms in total. The van der Waals surface area contributed by atoms with Crippen molar-refractivity contribution in [2.24, 2.45) is 5.10 Å². The summed E-state index contributed by atoms with van der Waals surface area (Å²) in [5, 5.41) is 3.80. The summed E-state index contributed by atoms with van der Waals surface area (Å²) >= 11 is 0. The summed E-state index contributed by atoms with van der Waals surface area (Å²) in [4.78, 5) is 27.6. The fourth-order valence-corrected chi connectivity index (χ4v) is 2.00. The number of amides is 1. The molecule has 142 valence electrons. The second-order valence-electron chi connectivity index (χ2n) is 5.21. The van der Waals surface area contributed by atoms with Crippen molar-refractivity contribution in [1.82, 2.24) is 25.4 Å². The van der Waals surface area contributed by atoms with Crippen molar-refractivity contribution in [2.45, 2.75) is 6.36 Å². The third kappa shape index (κ3) is 5.30. The van der Waals surface area contributed by atoms with Crippen LogP contribution < -0.4 is 10.2 Å². The molecule has 28 heavy (non-hydrogen) atoms. The van der Waals surface area contributed by atoms with Crippen LogP contribution in [0.3, 0.4) is 0 Å². The van der Waals surface area contributed by atoms with Crippen LogP contribution in [0, 0.1) is 0 Å². The van der Waals surface area contributed by atoms with E-state index in [9.17, 15) is 18.0 Å². The lowest BCUT2D eigenvalue weighted by Gasteiger charge is -2.08. The van der Waals surface area contributed by atoms with E-state index in [2.05, 4.69) is 35.2 Å². The van der Waals surface area contributed by atoms with Gasteiger partial charge in [-0.15, -0.1) is 13.2 Å². The molecular formula is C17H11F3N6O2. The highest BCUT2D eigenvalue weighted by Crippen LogP contribution is 2.23. The first-order valence-corrected chi connectivity index (χ1v) is 7.68. The molecule has 0 unspecified atom stereocenters. The highest BCUT2D eigenvalue weighted by Gasteiger charge is 2.31. The molecule has 0 radical (unpaired) electrons. The number of pyridine rings is 2. The molecule has 3 rings (SSSR count). The highest BCUT2D eigenvalue weighted by atomic mass is 19.4. The summed E-state index contributed by atoms with van der Waals surface area (Å²) in [7, 11) is 0. The van der Waals surface area contributed by atoms with Crippen molar-refractivity contribution in [2.75, 3.05) is 0 Å². The van der Waals surface area contributed by atoms with Gasteiger partial charge < -0.3 is 4.74 Å². The second-order valence-corrected chi connectivity index (χ2v) is 5.21. The van der Waals surface area contributed by atoms with Gasteiger partial charge in [-0.1, -0.05) is 6.07 Å². The topological polar surface area (TPSA) is 102 Å². The first-order valence-electron chi connectivity index (χ1n) is 7.68. The van der Waals surface area contributed by atoms with Crippen LogP contribution in [0.1, 0.15) is 16.1 Å². The lowest BCUT2D eigenvalue weighted by molar-refractivity contribution is -0.276. The van der Waals surface area contributed by atoms with Crippen molar-refractivity contribution in [3.05, 3.63) is 66.5 Å². The number of hydrogen-bond acceptors (Lipinski definition) is 7. The van der Waals surface area contributed by atoms with Crippen molar-refractivity contribution in [3.8, 4) is 17.1 Å². The molecule has 1 N–H and O–H groups in total. The highest BCUT2D eigenvalue weighted by molar-refractivity contribution is 5.93.